The molecule has 0 saturated heterocycles. The van der Waals surface area contributed by atoms with E-state index in [1.165, 1.54) is 0 Å². The molecule has 172 valence electrons. The molecule has 0 fully saturated rings. The maximum absolute atomic E-state index is 13.4. The van der Waals surface area contributed by atoms with Crippen LogP contribution in [0.4, 0.5) is 0 Å². The van der Waals surface area contributed by atoms with Crippen molar-refractivity contribution >= 4 is 45.2 Å². The molecule has 6 heteroatoms. The summed E-state index contributed by atoms with van der Waals surface area (Å²) in [5, 5.41) is 1.54. The van der Waals surface area contributed by atoms with Gasteiger partial charge in [-0.3, -0.25) is 4.79 Å². The molecule has 1 aliphatic carbocycles. The average Bonchev–Trinajstić information content (AvgIpc) is 3.56. The number of carbonyl (C=O) groups is 2. The summed E-state index contributed by atoms with van der Waals surface area (Å²) in [7, 11) is 0. The van der Waals surface area contributed by atoms with Crippen LogP contribution in [-0.2, 0) is 11.2 Å². The number of nitrogens with zero attached hydrogens (tertiary/aromatic N) is 1. The zero-order valence-corrected chi connectivity index (χ0v) is 18.9. The normalized spacial score (nSPS) is 14.3. The Kier molecular flexibility index (Phi) is 5.26. The molecule has 0 bridgehead atoms. The number of ketones is 1. The van der Waals surface area contributed by atoms with Gasteiger partial charge in [0.1, 0.15) is 5.76 Å². The minimum Gasteiger partial charge on any atom is -0.465 e. The van der Waals surface area contributed by atoms with Crippen LogP contribution in [0.1, 0.15) is 50.6 Å². The molecule has 0 aliphatic heterocycles. The Hall–Kier alpha value is -4.45. The molecule has 6 rings (SSSR count). The summed E-state index contributed by atoms with van der Waals surface area (Å²) in [5.41, 5.74) is 5.26. The highest BCUT2D eigenvalue weighted by molar-refractivity contribution is 6.11. The van der Waals surface area contributed by atoms with Gasteiger partial charge in [-0.05, 0) is 60.7 Å². The maximum atomic E-state index is 13.4. The van der Waals surface area contributed by atoms with Crippen LogP contribution < -0.4 is 0 Å². The summed E-state index contributed by atoms with van der Waals surface area (Å²) >= 11 is 0. The standard InChI is InChI=1S/C29H22N2O4/c32-26(23-16-30-24-12-3-1-9-20(23)24)17-35-29(33)27-21-10-2-4-13-25(21)31-28-18(7-5-11-22(27)28)15-19-8-6-14-34-19/h1-4,6,8-10,12-16,30H,5,7,11,17H2. The molecule has 2 aromatic carbocycles. The van der Waals surface area contributed by atoms with Gasteiger partial charge in [0.2, 0.25) is 5.78 Å². The van der Waals surface area contributed by atoms with E-state index in [0.29, 0.717) is 23.1 Å². The molecule has 5 aromatic rings. The topological polar surface area (TPSA) is 85.2 Å². The van der Waals surface area contributed by atoms with E-state index in [-0.39, 0.29) is 12.4 Å². The van der Waals surface area contributed by atoms with Crippen LogP contribution in [0.5, 0.6) is 0 Å². The molecule has 0 atom stereocenters. The van der Waals surface area contributed by atoms with Gasteiger partial charge in [0.15, 0.2) is 6.61 Å². The van der Waals surface area contributed by atoms with Crippen molar-refractivity contribution in [2.45, 2.75) is 19.3 Å². The summed E-state index contributed by atoms with van der Waals surface area (Å²) in [5.74, 6) is -0.00927. The number of carbonyl (C=O) groups excluding carboxylic acids is 2. The molecule has 1 N–H and O–H groups in total. The van der Waals surface area contributed by atoms with Crippen LogP contribution in [0.15, 0.2) is 77.5 Å². The maximum Gasteiger partial charge on any atom is 0.339 e. The minimum atomic E-state index is -0.507. The molecule has 0 amide bonds. The van der Waals surface area contributed by atoms with Crippen LogP contribution in [0.3, 0.4) is 0 Å². The second-order valence-corrected chi connectivity index (χ2v) is 8.62. The smallest absolute Gasteiger partial charge is 0.339 e. The predicted molar refractivity (Wildman–Crippen MR) is 134 cm³/mol. The fraction of sp³-hybridized carbons (Fsp3) is 0.138. The number of aromatic amines is 1. The van der Waals surface area contributed by atoms with Gasteiger partial charge in [-0.25, -0.2) is 9.78 Å². The number of hydrogen-bond acceptors (Lipinski definition) is 5. The third-order valence-electron chi connectivity index (χ3n) is 6.46. The van der Waals surface area contributed by atoms with E-state index in [1.54, 1.807) is 12.5 Å². The van der Waals surface area contributed by atoms with Crippen LogP contribution in [0, 0.1) is 0 Å². The van der Waals surface area contributed by atoms with E-state index < -0.39 is 5.97 Å². The lowest BCUT2D eigenvalue weighted by molar-refractivity contribution is 0.0476. The first kappa shape index (κ1) is 21.1. The fourth-order valence-corrected chi connectivity index (χ4v) is 4.84. The van der Waals surface area contributed by atoms with E-state index in [4.69, 9.17) is 14.1 Å². The second-order valence-electron chi connectivity index (χ2n) is 8.62. The van der Waals surface area contributed by atoms with E-state index in [0.717, 1.165) is 51.7 Å². The SMILES string of the molecule is O=C(OCC(=O)c1c[nH]c2ccccc12)c1c2c(nc3ccccc13)C(=Cc1ccco1)CCC2. The van der Waals surface area contributed by atoms with Crippen molar-refractivity contribution < 1.29 is 18.7 Å². The lowest BCUT2D eigenvalue weighted by Gasteiger charge is -2.22. The Balaban J connectivity index is 1.36. The number of nitrogens with one attached hydrogen (secondary N) is 1. The molecule has 3 heterocycles. The van der Waals surface area contributed by atoms with Crippen molar-refractivity contribution in [1.29, 1.82) is 0 Å². The lowest BCUT2D eigenvalue weighted by Crippen LogP contribution is -2.18. The number of esters is 1. The number of pyridine rings is 1. The van der Waals surface area contributed by atoms with E-state index in [2.05, 4.69) is 4.98 Å². The Bertz CT molecular complexity index is 1610. The number of allylic oxidation sites excluding steroid dienone is 1. The Morgan fingerprint density at radius 1 is 1.00 bits per heavy atom. The molecular weight excluding hydrogens is 440 g/mol. The predicted octanol–water partition coefficient (Wildman–Crippen LogP) is 6.23. The molecule has 0 saturated carbocycles. The van der Waals surface area contributed by atoms with E-state index in [9.17, 15) is 9.59 Å². The summed E-state index contributed by atoms with van der Waals surface area (Å²) in [4.78, 5) is 34.3. The number of benzene rings is 2. The Morgan fingerprint density at radius 3 is 2.69 bits per heavy atom. The van der Waals surface area contributed by atoms with Crippen LogP contribution in [0.25, 0.3) is 33.5 Å². The number of para-hydroxylation sites is 2. The second kappa shape index (κ2) is 8.72. The molecule has 0 spiro atoms. The first-order chi connectivity index (χ1) is 17.2. The number of H-pyrrole nitrogens is 1. The fourth-order valence-electron chi connectivity index (χ4n) is 4.84. The quantitative estimate of drug-likeness (QED) is 0.247. The molecule has 0 radical (unpaired) electrons. The third kappa shape index (κ3) is 3.83. The summed E-state index contributed by atoms with van der Waals surface area (Å²) in [6.07, 6.45) is 7.72. The zero-order valence-electron chi connectivity index (χ0n) is 18.9. The van der Waals surface area contributed by atoms with Crippen molar-refractivity contribution in [1.82, 2.24) is 9.97 Å². The monoisotopic (exact) mass is 462 g/mol. The van der Waals surface area contributed by atoms with Gasteiger partial charge in [0.05, 0.1) is 23.0 Å². The number of Topliss-reactive ketones (excluding diaryl/α,β-unsaturated/α-hetero) is 1. The van der Waals surface area contributed by atoms with Crippen molar-refractivity contribution in [3.8, 4) is 0 Å². The largest absolute Gasteiger partial charge is 0.465 e. The third-order valence-corrected chi connectivity index (χ3v) is 6.46. The summed E-state index contributed by atoms with van der Waals surface area (Å²) < 4.78 is 11.1. The Morgan fingerprint density at radius 2 is 1.83 bits per heavy atom. The highest BCUT2D eigenvalue weighted by Crippen LogP contribution is 2.36. The first-order valence-corrected chi connectivity index (χ1v) is 11.6. The molecule has 0 unspecified atom stereocenters. The van der Waals surface area contributed by atoms with E-state index in [1.807, 2.05) is 66.7 Å². The van der Waals surface area contributed by atoms with Crippen molar-refractivity contribution in [2.24, 2.45) is 0 Å². The van der Waals surface area contributed by atoms with Crippen molar-refractivity contribution in [3.05, 3.63) is 101 Å². The van der Waals surface area contributed by atoms with Gasteiger partial charge in [-0.2, -0.15) is 0 Å². The number of ether oxygens (including phenoxy) is 1. The number of furan rings is 1. The number of hydrogen-bond donors (Lipinski definition) is 1. The van der Waals surface area contributed by atoms with Crippen LogP contribution >= 0.6 is 0 Å². The van der Waals surface area contributed by atoms with Crippen LogP contribution in [0.2, 0.25) is 0 Å². The van der Waals surface area contributed by atoms with Crippen molar-refractivity contribution in [3.63, 3.8) is 0 Å². The number of fused-ring (bicyclic) bond motifs is 3. The van der Waals surface area contributed by atoms with Gasteiger partial charge in [-0.1, -0.05) is 36.4 Å². The minimum absolute atomic E-state index is 0.249. The summed E-state index contributed by atoms with van der Waals surface area (Å²) in [6, 6.07) is 18.9. The first-order valence-electron chi connectivity index (χ1n) is 11.6. The zero-order chi connectivity index (χ0) is 23.8. The molecule has 6 nitrogen and oxygen atoms in total. The van der Waals surface area contributed by atoms with E-state index >= 15 is 0 Å². The van der Waals surface area contributed by atoms with Crippen LogP contribution in [-0.4, -0.2) is 28.3 Å². The van der Waals surface area contributed by atoms with Gasteiger partial charge >= 0.3 is 5.97 Å². The van der Waals surface area contributed by atoms with Gasteiger partial charge in [-0.15, -0.1) is 0 Å². The highest BCUT2D eigenvalue weighted by atomic mass is 16.5. The molecule has 1 aliphatic rings. The molecular formula is C29H22N2O4. The highest BCUT2D eigenvalue weighted by Gasteiger charge is 2.27. The molecule has 3 aromatic heterocycles. The van der Waals surface area contributed by atoms with Gasteiger partial charge in [0, 0.05) is 28.0 Å². The van der Waals surface area contributed by atoms with Gasteiger partial charge < -0.3 is 14.1 Å². The summed E-state index contributed by atoms with van der Waals surface area (Å²) in [6.45, 7) is -0.332. The average molecular weight is 463 g/mol. The lowest BCUT2D eigenvalue weighted by atomic mass is 9.86. The van der Waals surface area contributed by atoms with Crippen molar-refractivity contribution in [2.75, 3.05) is 6.61 Å². The number of rotatable bonds is 5. The molecule has 35 heavy (non-hydrogen) atoms. The van der Waals surface area contributed by atoms with Gasteiger partial charge in [0.25, 0.3) is 0 Å². The Labute approximate surface area is 201 Å². The number of aromatic nitrogens is 2.